The molecule has 0 amide bonds. The van der Waals surface area contributed by atoms with E-state index in [1.807, 2.05) is 24.3 Å². The van der Waals surface area contributed by atoms with Gasteiger partial charge in [0.25, 0.3) is 0 Å². The molecule has 0 saturated carbocycles. The van der Waals surface area contributed by atoms with E-state index in [0.29, 0.717) is 0 Å². The predicted molar refractivity (Wildman–Crippen MR) is 77.0 cm³/mol. The first-order valence-corrected chi connectivity index (χ1v) is 6.92. The Bertz CT molecular complexity index is 556. The Labute approximate surface area is 108 Å². The fourth-order valence-corrected chi connectivity index (χ4v) is 2.31. The van der Waals surface area contributed by atoms with Crippen molar-refractivity contribution in [2.24, 2.45) is 0 Å². The topological polar surface area (TPSA) is 32.9 Å². The van der Waals surface area contributed by atoms with Gasteiger partial charge in [-0.15, -0.1) is 0 Å². The summed E-state index contributed by atoms with van der Waals surface area (Å²) in [7, 11) is 0. The molecule has 2 heteroatoms. The van der Waals surface area contributed by atoms with E-state index in [1.165, 1.54) is 25.7 Å². The zero-order valence-electron chi connectivity index (χ0n) is 11.0. The van der Waals surface area contributed by atoms with Gasteiger partial charge in [0.05, 0.1) is 0 Å². The van der Waals surface area contributed by atoms with Crippen LogP contribution in [0.5, 0.6) is 0 Å². The van der Waals surface area contributed by atoms with E-state index < -0.39 is 0 Å². The molecule has 1 aromatic heterocycles. The van der Waals surface area contributed by atoms with Crippen LogP contribution in [0.4, 0.5) is 0 Å². The number of pyridine rings is 1. The molecule has 0 aliphatic carbocycles. The van der Waals surface area contributed by atoms with Crippen LogP contribution in [0.25, 0.3) is 10.9 Å². The Morgan fingerprint density at radius 2 is 1.83 bits per heavy atom. The molecule has 2 aromatic rings. The van der Waals surface area contributed by atoms with E-state index in [1.54, 1.807) is 6.07 Å². The molecule has 0 unspecified atom stereocenters. The van der Waals surface area contributed by atoms with E-state index in [0.717, 1.165) is 29.4 Å². The van der Waals surface area contributed by atoms with Crippen molar-refractivity contribution in [3.63, 3.8) is 0 Å². The van der Waals surface area contributed by atoms with Gasteiger partial charge in [-0.25, -0.2) is 0 Å². The Balaban J connectivity index is 2.03. The molecular formula is C16H21NO. The fourth-order valence-electron chi connectivity index (χ4n) is 2.31. The highest BCUT2D eigenvalue weighted by Crippen LogP contribution is 2.10. The molecule has 1 aromatic carbocycles. The van der Waals surface area contributed by atoms with Crippen LogP contribution in [0.3, 0.4) is 0 Å². The highest BCUT2D eigenvalue weighted by atomic mass is 16.1. The van der Waals surface area contributed by atoms with E-state index in [9.17, 15) is 4.79 Å². The van der Waals surface area contributed by atoms with Crippen molar-refractivity contribution < 1.29 is 0 Å². The lowest BCUT2D eigenvalue weighted by Crippen LogP contribution is -2.05. The second-order valence-electron chi connectivity index (χ2n) is 4.87. The third-order valence-electron chi connectivity index (χ3n) is 3.34. The Kier molecular flexibility index (Phi) is 4.57. The average molecular weight is 249 g/mol. The molecule has 96 valence electrons. The summed E-state index contributed by atoms with van der Waals surface area (Å²) in [5, 5.41) is 0.784. The number of aromatic nitrogens is 1. The lowest BCUT2D eigenvalue weighted by atomic mass is 10.1. The van der Waals surface area contributed by atoms with Gasteiger partial charge in [0, 0.05) is 22.7 Å². The Morgan fingerprint density at radius 1 is 1.06 bits per heavy atom. The van der Waals surface area contributed by atoms with Crippen LogP contribution in [0.1, 0.15) is 44.7 Å². The van der Waals surface area contributed by atoms with Crippen LogP contribution in [0.15, 0.2) is 35.1 Å². The number of benzene rings is 1. The summed E-state index contributed by atoms with van der Waals surface area (Å²) in [4.78, 5) is 15.3. The van der Waals surface area contributed by atoms with Crippen LogP contribution in [0.2, 0.25) is 0 Å². The van der Waals surface area contributed by atoms with Crippen molar-refractivity contribution in [1.82, 2.24) is 4.98 Å². The molecule has 0 aliphatic rings. The monoisotopic (exact) mass is 249 g/mol. The number of H-pyrrole nitrogens is 1. The van der Waals surface area contributed by atoms with Crippen LogP contribution in [0, 0.1) is 0 Å². The number of unbranched alkanes of at least 4 members (excludes halogenated alkanes) is 4. The smallest absolute Gasteiger partial charge is 0.189 e. The average Bonchev–Trinajstić information content (AvgIpc) is 2.39. The SMILES string of the molecule is CCCCCCCc1cc(=O)[13c]2[13cH][13cH][13cH][13cH][13c]2[nH]1. The van der Waals surface area contributed by atoms with Gasteiger partial charge in [0.2, 0.25) is 0 Å². The second kappa shape index (κ2) is 6.39. The van der Waals surface area contributed by atoms with E-state index in [2.05, 4.69) is 11.9 Å². The molecular weight excluding hydrogens is 228 g/mol. The standard InChI is InChI=1S/C16H21NO/c1-2-3-4-5-6-9-13-12-16(18)14-10-7-8-11-15(14)17-13/h7-8,10-12H,2-6,9H2,1H3,(H,17,18)/i7+1,8+1,10+1,11+1,14+1,15+1. The number of aryl methyl sites for hydroxylation is 1. The van der Waals surface area contributed by atoms with E-state index in [-0.39, 0.29) is 5.43 Å². The van der Waals surface area contributed by atoms with Gasteiger partial charge in [0.15, 0.2) is 5.43 Å². The summed E-state index contributed by atoms with van der Waals surface area (Å²) < 4.78 is 0. The minimum absolute atomic E-state index is 0.132. The van der Waals surface area contributed by atoms with Gasteiger partial charge in [-0.2, -0.15) is 0 Å². The van der Waals surface area contributed by atoms with Crippen LogP contribution in [-0.2, 0) is 6.42 Å². The summed E-state index contributed by atoms with van der Waals surface area (Å²) >= 11 is 0. The zero-order valence-corrected chi connectivity index (χ0v) is 11.0. The predicted octanol–water partition coefficient (Wildman–Crippen LogP) is 4.04. The van der Waals surface area contributed by atoms with Crippen LogP contribution in [-0.4, -0.2) is 4.98 Å². The quantitative estimate of drug-likeness (QED) is 0.770. The maximum atomic E-state index is 11.9. The lowest BCUT2D eigenvalue weighted by Gasteiger charge is -2.04. The number of hydrogen-bond donors (Lipinski definition) is 1. The molecule has 0 aliphatic heterocycles. The molecule has 1 heterocycles. The van der Waals surface area contributed by atoms with Gasteiger partial charge in [-0.1, -0.05) is 44.7 Å². The maximum Gasteiger partial charge on any atom is 0.189 e. The number of rotatable bonds is 6. The first-order valence-electron chi connectivity index (χ1n) is 6.92. The van der Waals surface area contributed by atoms with Gasteiger partial charge in [-0.3, -0.25) is 4.79 Å². The molecule has 2 rings (SSSR count). The van der Waals surface area contributed by atoms with Crippen molar-refractivity contribution in [2.75, 3.05) is 0 Å². The number of nitrogens with one attached hydrogen (secondary N) is 1. The number of hydrogen-bond acceptors (Lipinski definition) is 1. The normalized spacial score (nSPS) is 10.9. The van der Waals surface area contributed by atoms with Gasteiger partial charge in [0.1, 0.15) is 0 Å². The highest BCUT2D eigenvalue weighted by molar-refractivity contribution is 5.78. The van der Waals surface area contributed by atoms with Gasteiger partial charge >= 0.3 is 0 Å². The Morgan fingerprint density at radius 3 is 2.67 bits per heavy atom. The van der Waals surface area contributed by atoms with Crippen molar-refractivity contribution in [3.8, 4) is 0 Å². The van der Waals surface area contributed by atoms with E-state index >= 15 is 0 Å². The van der Waals surface area contributed by atoms with Crippen molar-refractivity contribution in [2.45, 2.75) is 45.4 Å². The molecule has 0 saturated heterocycles. The van der Waals surface area contributed by atoms with Crippen molar-refractivity contribution in [1.29, 1.82) is 0 Å². The fraction of sp³-hybridized carbons (Fsp3) is 0.438. The molecule has 2 nitrogen and oxygen atoms in total. The third kappa shape index (κ3) is 3.22. The first kappa shape index (κ1) is 12.9. The third-order valence-corrected chi connectivity index (χ3v) is 3.34. The van der Waals surface area contributed by atoms with Crippen LogP contribution >= 0.6 is 0 Å². The summed E-state index contributed by atoms with van der Waals surface area (Å²) in [6.07, 6.45) is 7.27. The first-order chi connectivity index (χ1) is 8.81. The number of aromatic amines is 1. The minimum atomic E-state index is 0.132. The second-order valence-corrected chi connectivity index (χ2v) is 4.87. The highest BCUT2D eigenvalue weighted by Gasteiger charge is 2.01. The summed E-state index contributed by atoms with van der Waals surface area (Å²) in [5.74, 6) is 0. The molecule has 0 radical (unpaired) electrons. The Hall–Kier alpha value is -1.57. The minimum Gasteiger partial charge on any atom is -0.358 e. The van der Waals surface area contributed by atoms with Crippen molar-refractivity contribution in [3.05, 3.63) is 46.2 Å². The van der Waals surface area contributed by atoms with Gasteiger partial charge < -0.3 is 4.98 Å². The van der Waals surface area contributed by atoms with Gasteiger partial charge in [-0.05, 0) is 25.0 Å². The number of fused-ring (bicyclic) bond motifs is 1. The van der Waals surface area contributed by atoms with Crippen LogP contribution < -0.4 is 5.43 Å². The molecule has 0 bridgehead atoms. The molecule has 0 spiro atoms. The summed E-state index contributed by atoms with van der Waals surface area (Å²) in [6.45, 7) is 2.22. The molecule has 0 atom stereocenters. The lowest BCUT2D eigenvalue weighted by molar-refractivity contribution is 0.628. The van der Waals surface area contributed by atoms with Crippen molar-refractivity contribution >= 4 is 10.9 Å². The maximum absolute atomic E-state index is 11.9. The zero-order chi connectivity index (χ0) is 12.8. The largest absolute Gasteiger partial charge is 0.358 e. The molecule has 1 N–H and O–H groups in total. The summed E-state index contributed by atoms with van der Waals surface area (Å²) in [6, 6.07) is 9.46. The molecule has 18 heavy (non-hydrogen) atoms. The molecule has 0 fully saturated rings. The number of para-hydroxylation sites is 1. The van der Waals surface area contributed by atoms with E-state index in [4.69, 9.17) is 0 Å². The summed E-state index contributed by atoms with van der Waals surface area (Å²) in [5.41, 5.74) is 2.15.